The number of halogens is 1. The predicted molar refractivity (Wildman–Crippen MR) is 93.4 cm³/mol. The molecule has 0 aliphatic rings. The molecule has 0 heterocycles. The van der Waals surface area contributed by atoms with Gasteiger partial charge in [-0.1, -0.05) is 34.1 Å². The zero-order valence-electron chi connectivity index (χ0n) is 13.2. The van der Waals surface area contributed by atoms with Gasteiger partial charge in [0.2, 0.25) is 0 Å². The average molecular weight is 362 g/mol. The van der Waals surface area contributed by atoms with Crippen LogP contribution in [0.4, 0.5) is 5.69 Å². The van der Waals surface area contributed by atoms with E-state index >= 15 is 0 Å². The maximum absolute atomic E-state index is 12.6. The van der Waals surface area contributed by atoms with Crippen molar-refractivity contribution in [3.05, 3.63) is 58.1 Å². The van der Waals surface area contributed by atoms with Crippen molar-refractivity contribution in [2.45, 2.75) is 33.3 Å². The summed E-state index contributed by atoms with van der Waals surface area (Å²) in [6.45, 7) is 7.48. The van der Waals surface area contributed by atoms with Crippen LogP contribution in [0.1, 0.15) is 25.0 Å². The Balaban J connectivity index is 2.15. The molecule has 2 rings (SSSR count). The van der Waals surface area contributed by atoms with E-state index in [1.165, 1.54) is 0 Å². The monoisotopic (exact) mass is 361 g/mol. The van der Waals surface area contributed by atoms with Crippen LogP contribution in [-0.4, -0.2) is 11.5 Å². The normalized spacial score (nSPS) is 11.1. The van der Waals surface area contributed by atoms with Crippen molar-refractivity contribution in [2.75, 3.05) is 5.32 Å². The number of benzene rings is 2. The van der Waals surface area contributed by atoms with E-state index in [4.69, 9.17) is 4.74 Å². The number of nitrogens with one attached hydrogen (secondary N) is 1. The second-order valence-electron chi connectivity index (χ2n) is 5.79. The molecular formula is C18H20BrNO2. The molecule has 1 N–H and O–H groups in total. The minimum atomic E-state index is -0.970. The molecule has 0 spiro atoms. The number of hydrogen-bond donors (Lipinski definition) is 1. The predicted octanol–water partition coefficient (Wildman–Crippen LogP) is 4.86. The lowest BCUT2D eigenvalue weighted by atomic mass is 10.1. The highest BCUT2D eigenvalue weighted by molar-refractivity contribution is 9.10. The van der Waals surface area contributed by atoms with Gasteiger partial charge in [-0.25, -0.2) is 0 Å². The molecule has 0 atom stereocenters. The molecule has 2 aromatic rings. The van der Waals surface area contributed by atoms with Crippen molar-refractivity contribution < 1.29 is 9.53 Å². The second kappa shape index (κ2) is 6.53. The van der Waals surface area contributed by atoms with Crippen molar-refractivity contribution in [2.24, 2.45) is 0 Å². The minimum Gasteiger partial charge on any atom is -0.478 e. The third kappa shape index (κ3) is 3.89. The van der Waals surface area contributed by atoms with E-state index in [9.17, 15) is 4.79 Å². The van der Waals surface area contributed by atoms with Crippen LogP contribution < -0.4 is 10.1 Å². The van der Waals surface area contributed by atoms with Crippen molar-refractivity contribution in [1.82, 2.24) is 0 Å². The van der Waals surface area contributed by atoms with Gasteiger partial charge in [0.1, 0.15) is 5.75 Å². The first-order valence-corrected chi connectivity index (χ1v) is 7.91. The van der Waals surface area contributed by atoms with Gasteiger partial charge in [-0.15, -0.1) is 0 Å². The van der Waals surface area contributed by atoms with Crippen LogP contribution in [0, 0.1) is 13.8 Å². The van der Waals surface area contributed by atoms with Crippen molar-refractivity contribution in [3.63, 3.8) is 0 Å². The summed E-state index contributed by atoms with van der Waals surface area (Å²) in [5, 5.41) is 2.98. The number of hydrogen-bond acceptors (Lipinski definition) is 2. The van der Waals surface area contributed by atoms with Crippen molar-refractivity contribution in [1.29, 1.82) is 0 Å². The number of carbonyl (C=O) groups excluding carboxylic acids is 1. The van der Waals surface area contributed by atoms with Gasteiger partial charge >= 0.3 is 0 Å². The molecule has 0 aliphatic carbocycles. The van der Waals surface area contributed by atoms with E-state index in [0.717, 1.165) is 21.3 Å². The van der Waals surface area contributed by atoms with Crippen LogP contribution in [-0.2, 0) is 4.79 Å². The summed E-state index contributed by atoms with van der Waals surface area (Å²) in [6, 6.07) is 13.4. The Morgan fingerprint density at radius 2 is 1.59 bits per heavy atom. The van der Waals surface area contributed by atoms with Crippen LogP contribution in [0.5, 0.6) is 5.75 Å². The maximum atomic E-state index is 12.6. The van der Waals surface area contributed by atoms with Gasteiger partial charge in [-0.05, 0) is 63.1 Å². The summed E-state index contributed by atoms with van der Waals surface area (Å²) in [6.07, 6.45) is 0. The van der Waals surface area contributed by atoms with Crippen LogP contribution in [0.25, 0.3) is 0 Å². The molecule has 0 saturated heterocycles. The minimum absolute atomic E-state index is 0.173. The molecule has 0 unspecified atom stereocenters. The SMILES string of the molecule is Cc1cccc(C)c1NC(=O)C(C)(C)Oc1ccc(Br)cc1. The molecule has 0 aliphatic heterocycles. The molecule has 0 saturated carbocycles. The Bertz CT molecular complexity index is 658. The van der Waals surface area contributed by atoms with Crippen LogP contribution in [0.2, 0.25) is 0 Å². The molecule has 0 fully saturated rings. The Kier molecular flexibility index (Phi) is 4.91. The van der Waals surface area contributed by atoms with E-state index in [1.54, 1.807) is 13.8 Å². The highest BCUT2D eigenvalue weighted by Crippen LogP contribution is 2.24. The van der Waals surface area contributed by atoms with E-state index in [0.29, 0.717) is 5.75 Å². The smallest absolute Gasteiger partial charge is 0.267 e. The first-order valence-electron chi connectivity index (χ1n) is 7.12. The van der Waals surface area contributed by atoms with E-state index in [2.05, 4.69) is 21.2 Å². The lowest BCUT2D eigenvalue weighted by Gasteiger charge is -2.26. The van der Waals surface area contributed by atoms with Gasteiger partial charge in [0.05, 0.1) is 0 Å². The first-order chi connectivity index (χ1) is 10.3. The largest absolute Gasteiger partial charge is 0.478 e. The number of anilines is 1. The summed E-state index contributed by atoms with van der Waals surface area (Å²) in [5.41, 5.74) is 1.95. The molecule has 3 nitrogen and oxygen atoms in total. The summed E-state index contributed by atoms with van der Waals surface area (Å²) in [7, 11) is 0. The summed E-state index contributed by atoms with van der Waals surface area (Å²) in [4.78, 5) is 12.6. The van der Waals surface area contributed by atoms with Crippen LogP contribution in [0.15, 0.2) is 46.9 Å². The molecule has 22 heavy (non-hydrogen) atoms. The highest BCUT2D eigenvalue weighted by atomic mass is 79.9. The fourth-order valence-electron chi connectivity index (χ4n) is 2.12. The van der Waals surface area contributed by atoms with Crippen LogP contribution in [0.3, 0.4) is 0 Å². The molecule has 116 valence electrons. The fourth-order valence-corrected chi connectivity index (χ4v) is 2.38. The van der Waals surface area contributed by atoms with Gasteiger partial charge in [0, 0.05) is 10.2 Å². The number of carbonyl (C=O) groups is 1. The molecule has 2 aromatic carbocycles. The van der Waals surface area contributed by atoms with Crippen molar-refractivity contribution >= 4 is 27.5 Å². The van der Waals surface area contributed by atoms with Gasteiger partial charge in [-0.2, -0.15) is 0 Å². The maximum Gasteiger partial charge on any atom is 0.267 e. The highest BCUT2D eigenvalue weighted by Gasteiger charge is 2.30. The quantitative estimate of drug-likeness (QED) is 0.843. The van der Waals surface area contributed by atoms with E-state index < -0.39 is 5.60 Å². The number of amides is 1. The molecule has 4 heteroatoms. The summed E-state index contributed by atoms with van der Waals surface area (Å²) < 4.78 is 6.81. The molecule has 0 aromatic heterocycles. The first kappa shape index (κ1) is 16.6. The van der Waals surface area contributed by atoms with Gasteiger partial charge in [0.25, 0.3) is 5.91 Å². The average Bonchev–Trinajstić information content (AvgIpc) is 2.45. The Labute approximate surface area is 139 Å². The summed E-state index contributed by atoms with van der Waals surface area (Å²) in [5.74, 6) is 0.484. The summed E-state index contributed by atoms with van der Waals surface area (Å²) >= 11 is 3.38. The van der Waals surface area contributed by atoms with Gasteiger partial charge in [0.15, 0.2) is 5.60 Å². The standard InChI is InChI=1S/C18H20BrNO2/c1-12-6-5-7-13(2)16(12)20-17(21)18(3,4)22-15-10-8-14(19)9-11-15/h5-11H,1-4H3,(H,20,21). The number of ether oxygens (including phenoxy) is 1. The van der Waals surface area contributed by atoms with E-state index in [1.807, 2.05) is 56.3 Å². The second-order valence-corrected chi connectivity index (χ2v) is 6.70. The number of rotatable bonds is 4. The lowest BCUT2D eigenvalue weighted by molar-refractivity contribution is -0.128. The van der Waals surface area contributed by atoms with Gasteiger partial charge in [-0.3, -0.25) is 4.79 Å². The Morgan fingerprint density at radius 1 is 1.05 bits per heavy atom. The third-order valence-corrected chi connectivity index (χ3v) is 3.98. The molecular weight excluding hydrogens is 342 g/mol. The zero-order valence-corrected chi connectivity index (χ0v) is 14.8. The topological polar surface area (TPSA) is 38.3 Å². The Morgan fingerprint density at radius 3 is 2.14 bits per heavy atom. The molecule has 0 radical (unpaired) electrons. The van der Waals surface area contributed by atoms with Gasteiger partial charge < -0.3 is 10.1 Å². The number of para-hydroxylation sites is 1. The molecule has 0 bridgehead atoms. The number of aryl methyl sites for hydroxylation is 2. The third-order valence-electron chi connectivity index (χ3n) is 3.45. The molecule has 1 amide bonds. The van der Waals surface area contributed by atoms with E-state index in [-0.39, 0.29) is 5.91 Å². The zero-order chi connectivity index (χ0) is 16.3. The Hall–Kier alpha value is -1.81. The van der Waals surface area contributed by atoms with Crippen LogP contribution >= 0.6 is 15.9 Å². The lowest BCUT2D eigenvalue weighted by Crippen LogP contribution is -2.42. The van der Waals surface area contributed by atoms with Crippen molar-refractivity contribution in [3.8, 4) is 5.75 Å². The fraction of sp³-hybridized carbons (Fsp3) is 0.278.